The van der Waals surface area contributed by atoms with Crippen LogP contribution in [0.5, 0.6) is 5.75 Å². The molecule has 0 spiro atoms. The summed E-state index contributed by atoms with van der Waals surface area (Å²) in [4.78, 5) is 5.11. The molecule has 0 aliphatic carbocycles. The first kappa shape index (κ1) is 11.5. The van der Waals surface area contributed by atoms with E-state index in [1.807, 2.05) is 31.2 Å². The molecular formula is C11H16N2O2. The van der Waals surface area contributed by atoms with Crippen LogP contribution in [0.15, 0.2) is 29.4 Å². The molecule has 0 atom stereocenters. The van der Waals surface area contributed by atoms with Crippen LogP contribution in [-0.4, -0.2) is 19.4 Å². The summed E-state index contributed by atoms with van der Waals surface area (Å²) < 4.78 is 5.04. The molecule has 1 aromatic carbocycles. The molecule has 0 unspecified atom stereocenters. The number of nitrogens with two attached hydrogens (primary N) is 1. The first-order chi connectivity index (χ1) is 7.26. The van der Waals surface area contributed by atoms with Crippen LogP contribution < -0.4 is 10.5 Å². The average Bonchev–Trinajstić information content (AvgIpc) is 2.29. The van der Waals surface area contributed by atoms with Crippen LogP contribution in [0.4, 0.5) is 0 Å². The van der Waals surface area contributed by atoms with E-state index in [4.69, 9.17) is 15.3 Å². The zero-order chi connectivity index (χ0) is 11.1. The number of hydrogen-bond acceptors (Lipinski definition) is 4. The first-order valence-electron chi connectivity index (χ1n) is 4.74. The van der Waals surface area contributed by atoms with Gasteiger partial charge >= 0.3 is 0 Å². The fourth-order valence-electron chi connectivity index (χ4n) is 0.976. The monoisotopic (exact) mass is 208 g/mol. The Morgan fingerprint density at radius 1 is 1.33 bits per heavy atom. The summed E-state index contributed by atoms with van der Waals surface area (Å²) in [5.41, 5.74) is 7.19. The Balaban J connectivity index is 2.44. The lowest BCUT2D eigenvalue weighted by Gasteiger charge is -2.03. The van der Waals surface area contributed by atoms with Gasteiger partial charge in [0.25, 0.3) is 0 Å². The first-order valence-corrected chi connectivity index (χ1v) is 4.74. The van der Waals surface area contributed by atoms with E-state index < -0.39 is 0 Å². The van der Waals surface area contributed by atoms with Gasteiger partial charge in [0.05, 0.1) is 12.8 Å². The topological polar surface area (TPSA) is 56.8 Å². The van der Waals surface area contributed by atoms with Crippen molar-refractivity contribution < 1.29 is 9.57 Å². The van der Waals surface area contributed by atoms with Crippen LogP contribution in [0.2, 0.25) is 0 Å². The molecule has 0 amide bonds. The molecule has 4 nitrogen and oxygen atoms in total. The van der Waals surface area contributed by atoms with Gasteiger partial charge in [0.15, 0.2) is 0 Å². The molecule has 1 rings (SSSR count). The highest BCUT2D eigenvalue weighted by Gasteiger charge is 1.94. The van der Waals surface area contributed by atoms with Gasteiger partial charge in [-0.1, -0.05) is 17.3 Å². The number of oxime groups is 1. The van der Waals surface area contributed by atoms with E-state index in [1.54, 1.807) is 7.11 Å². The highest BCUT2D eigenvalue weighted by atomic mass is 16.6. The SMILES string of the molecule is COc1ccc(CO/N=C(\C)CN)cc1. The number of ether oxygens (including phenoxy) is 1. The minimum Gasteiger partial charge on any atom is -0.497 e. The Morgan fingerprint density at radius 2 is 2.00 bits per heavy atom. The van der Waals surface area contributed by atoms with Gasteiger partial charge in [-0.25, -0.2) is 0 Å². The van der Waals surface area contributed by atoms with Crippen LogP contribution >= 0.6 is 0 Å². The molecular weight excluding hydrogens is 192 g/mol. The van der Waals surface area contributed by atoms with E-state index in [1.165, 1.54) is 0 Å². The van der Waals surface area contributed by atoms with Gasteiger partial charge < -0.3 is 15.3 Å². The zero-order valence-corrected chi connectivity index (χ0v) is 9.06. The second-order valence-corrected chi connectivity index (χ2v) is 3.15. The van der Waals surface area contributed by atoms with Crippen molar-refractivity contribution in [3.63, 3.8) is 0 Å². The third kappa shape index (κ3) is 3.99. The third-order valence-electron chi connectivity index (χ3n) is 1.91. The summed E-state index contributed by atoms with van der Waals surface area (Å²) in [5.74, 6) is 0.834. The van der Waals surface area contributed by atoms with Gasteiger partial charge in [0, 0.05) is 6.54 Å². The van der Waals surface area contributed by atoms with Crippen molar-refractivity contribution in [2.24, 2.45) is 10.9 Å². The van der Waals surface area contributed by atoms with Crippen molar-refractivity contribution in [2.75, 3.05) is 13.7 Å². The second-order valence-electron chi connectivity index (χ2n) is 3.15. The predicted octanol–water partition coefficient (Wildman–Crippen LogP) is 1.55. The molecule has 2 N–H and O–H groups in total. The molecule has 82 valence electrons. The fraction of sp³-hybridized carbons (Fsp3) is 0.364. The quantitative estimate of drug-likeness (QED) is 0.590. The average molecular weight is 208 g/mol. The number of benzene rings is 1. The van der Waals surface area contributed by atoms with Crippen molar-refractivity contribution >= 4 is 5.71 Å². The van der Waals surface area contributed by atoms with E-state index in [0.717, 1.165) is 17.0 Å². The van der Waals surface area contributed by atoms with Gasteiger partial charge in [0.2, 0.25) is 0 Å². The van der Waals surface area contributed by atoms with Gasteiger partial charge in [-0.2, -0.15) is 0 Å². The van der Waals surface area contributed by atoms with Gasteiger partial charge in [-0.15, -0.1) is 0 Å². The molecule has 0 saturated heterocycles. The maximum atomic E-state index is 5.36. The number of hydrogen-bond donors (Lipinski definition) is 1. The summed E-state index contributed by atoms with van der Waals surface area (Å²) >= 11 is 0. The lowest BCUT2D eigenvalue weighted by molar-refractivity contribution is 0.130. The molecule has 0 bridgehead atoms. The molecule has 4 heteroatoms. The maximum absolute atomic E-state index is 5.36. The highest BCUT2D eigenvalue weighted by molar-refractivity contribution is 5.83. The standard InChI is InChI=1S/C11H16N2O2/c1-9(7-12)13-15-8-10-3-5-11(14-2)6-4-10/h3-6H,7-8,12H2,1-2H3/b13-9+. The normalized spacial score (nSPS) is 11.3. The van der Waals surface area contributed by atoms with Crippen LogP contribution in [0.1, 0.15) is 12.5 Å². The van der Waals surface area contributed by atoms with Crippen molar-refractivity contribution in [1.82, 2.24) is 0 Å². The van der Waals surface area contributed by atoms with E-state index in [9.17, 15) is 0 Å². The molecule has 0 heterocycles. The van der Waals surface area contributed by atoms with Crippen LogP contribution in [0.25, 0.3) is 0 Å². The third-order valence-corrected chi connectivity index (χ3v) is 1.91. The Morgan fingerprint density at radius 3 is 2.53 bits per heavy atom. The van der Waals surface area contributed by atoms with E-state index >= 15 is 0 Å². The zero-order valence-electron chi connectivity index (χ0n) is 9.06. The van der Waals surface area contributed by atoms with Crippen molar-refractivity contribution in [1.29, 1.82) is 0 Å². The summed E-state index contributed by atoms with van der Waals surface area (Å²) in [6, 6.07) is 7.65. The number of nitrogens with zero attached hydrogens (tertiary/aromatic N) is 1. The molecule has 0 aliphatic heterocycles. The Kier molecular flexibility index (Phi) is 4.63. The van der Waals surface area contributed by atoms with E-state index in [2.05, 4.69) is 5.16 Å². The number of methoxy groups -OCH3 is 1. The molecule has 0 aromatic heterocycles. The molecule has 0 radical (unpaired) electrons. The Bertz CT molecular complexity index is 320. The van der Waals surface area contributed by atoms with Gasteiger partial charge in [-0.05, 0) is 24.6 Å². The summed E-state index contributed by atoms with van der Waals surface area (Å²) in [5, 5.41) is 3.84. The lowest BCUT2D eigenvalue weighted by atomic mass is 10.2. The smallest absolute Gasteiger partial charge is 0.142 e. The minimum atomic E-state index is 0.419. The van der Waals surface area contributed by atoms with Crippen LogP contribution in [0, 0.1) is 0 Å². The fourth-order valence-corrected chi connectivity index (χ4v) is 0.976. The molecule has 0 aliphatic rings. The summed E-state index contributed by atoms with van der Waals surface area (Å²) in [6.45, 7) is 2.69. The summed E-state index contributed by atoms with van der Waals surface area (Å²) in [6.07, 6.45) is 0. The molecule has 15 heavy (non-hydrogen) atoms. The Labute approximate surface area is 89.7 Å². The summed E-state index contributed by atoms with van der Waals surface area (Å²) in [7, 11) is 1.64. The van der Waals surface area contributed by atoms with Crippen molar-refractivity contribution in [3.05, 3.63) is 29.8 Å². The second kappa shape index (κ2) is 6.03. The van der Waals surface area contributed by atoms with Crippen molar-refractivity contribution in [2.45, 2.75) is 13.5 Å². The van der Waals surface area contributed by atoms with E-state index in [-0.39, 0.29) is 0 Å². The minimum absolute atomic E-state index is 0.419. The molecule has 0 fully saturated rings. The maximum Gasteiger partial charge on any atom is 0.142 e. The van der Waals surface area contributed by atoms with Crippen LogP contribution in [-0.2, 0) is 11.4 Å². The number of rotatable bonds is 5. The van der Waals surface area contributed by atoms with E-state index in [0.29, 0.717) is 13.2 Å². The van der Waals surface area contributed by atoms with Crippen LogP contribution in [0.3, 0.4) is 0 Å². The van der Waals surface area contributed by atoms with Gasteiger partial charge in [-0.3, -0.25) is 0 Å². The van der Waals surface area contributed by atoms with Gasteiger partial charge in [0.1, 0.15) is 12.4 Å². The molecule has 0 saturated carbocycles. The highest BCUT2D eigenvalue weighted by Crippen LogP contribution is 2.11. The lowest BCUT2D eigenvalue weighted by Crippen LogP contribution is -2.09. The largest absolute Gasteiger partial charge is 0.497 e. The molecule has 1 aromatic rings. The Hall–Kier alpha value is -1.55. The van der Waals surface area contributed by atoms with Crippen molar-refractivity contribution in [3.8, 4) is 5.75 Å². The predicted molar refractivity (Wildman–Crippen MR) is 59.9 cm³/mol.